The molecule has 2 heterocycles. The van der Waals surface area contributed by atoms with Crippen molar-refractivity contribution in [1.82, 2.24) is 15.2 Å². The van der Waals surface area contributed by atoms with Crippen LogP contribution in [0.25, 0.3) is 0 Å². The number of carbonyl (C=O) groups excluding carboxylic acids is 1. The van der Waals surface area contributed by atoms with E-state index < -0.39 is 0 Å². The minimum Gasteiger partial charge on any atom is -0.366 e. The van der Waals surface area contributed by atoms with Crippen molar-refractivity contribution in [3.63, 3.8) is 0 Å². The van der Waals surface area contributed by atoms with Crippen molar-refractivity contribution in [2.75, 3.05) is 17.2 Å². The van der Waals surface area contributed by atoms with Crippen LogP contribution in [0.4, 0.5) is 11.6 Å². The molecule has 1 amide bonds. The van der Waals surface area contributed by atoms with Crippen LogP contribution in [0.2, 0.25) is 0 Å². The molecule has 3 N–H and O–H groups in total. The molecule has 2 aromatic rings. The fourth-order valence-corrected chi connectivity index (χ4v) is 2.44. The highest BCUT2D eigenvalue weighted by Crippen LogP contribution is 2.28. The first kappa shape index (κ1) is 11.7. The maximum Gasteiger partial charge on any atom is 0.295 e. The Hall–Kier alpha value is -2.37. The molecule has 0 bridgehead atoms. The summed E-state index contributed by atoms with van der Waals surface area (Å²) in [6.07, 6.45) is 1.95. The Labute approximate surface area is 110 Å². The Bertz CT molecular complexity index is 634. The van der Waals surface area contributed by atoms with Crippen LogP contribution >= 0.6 is 0 Å². The van der Waals surface area contributed by atoms with Gasteiger partial charge in [-0.05, 0) is 31.4 Å². The zero-order valence-electron chi connectivity index (χ0n) is 10.7. The van der Waals surface area contributed by atoms with Crippen LogP contribution in [0.5, 0.6) is 0 Å². The third kappa shape index (κ3) is 2.05. The molecule has 3 rings (SSSR count). The molecule has 0 radical (unpaired) electrons. The summed E-state index contributed by atoms with van der Waals surface area (Å²) in [4.78, 5) is 18.0. The van der Waals surface area contributed by atoms with Crippen LogP contribution < -0.4 is 10.6 Å². The maximum absolute atomic E-state index is 12.4. The van der Waals surface area contributed by atoms with Gasteiger partial charge in [-0.25, -0.2) is 0 Å². The smallest absolute Gasteiger partial charge is 0.295 e. The minimum atomic E-state index is -0.186. The number of hydrogen-bond acceptors (Lipinski definition) is 4. The first-order valence-corrected chi connectivity index (χ1v) is 6.24. The number of benzene rings is 1. The summed E-state index contributed by atoms with van der Waals surface area (Å²) in [5, 5.41) is 6.26. The van der Waals surface area contributed by atoms with E-state index in [0.29, 0.717) is 6.54 Å². The van der Waals surface area contributed by atoms with Crippen molar-refractivity contribution in [3.8, 4) is 0 Å². The summed E-state index contributed by atoms with van der Waals surface area (Å²) in [6.45, 7) is 2.74. The Morgan fingerprint density at radius 3 is 3.05 bits per heavy atom. The summed E-state index contributed by atoms with van der Waals surface area (Å²) < 4.78 is 0. The number of carbonyl (C=O) groups is 1. The molecule has 98 valence electrons. The number of aromatic nitrogens is 3. The predicted molar refractivity (Wildman–Crippen MR) is 72.0 cm³/mol. The number of rotatable bonds is 1. The molecular weight excluding hydrogens is 242 g/mol. The second-order valence-corrected chi connectivity index (χ2v) is 4.73. The second-order valence-electron chi connectivity index (χ2n) is 4.73. The number of nitrogens with zero attached hydrogens (tertiary/aromatic N) is 3. The number of nitrogen functional groups attached to an aromatic ring is 1. The highest BCUT2D eigenvalue weighted by atomic mass is 16.2. The molecule has 1 aliphatic rings. The summed E-state index contributed by atoms with van der Waals surface area (Å²) >= 11 is 0. The van der Waals surface area contributed by atoms with Gasteiger partial charge in [-0.1, -0.05) is 17.7 Å². The third-order valence-corrected chi connectivity index (χ3v) is 3.30. The molecule has 0 unspecified atom stereocenters. The fourth-order valence-electron chi connectivity index (χ4n) is 2.44. The van der Waals surface area contributed by atoms with Gasteiger partial charge in [-0.15, -0.1) is 5.10 Å². The van der Waals surface area contributed by atoms with E-state index in [1.54, 1.807) is 4.90 Å². The standard InChI is InChI=1S/C13H15N5O/c1-8-4-5-10-9(7-8)3-2-6-18(10)12(19)11-15-13(14)17-16-11/h4-5,7H,2-3,6H2,1H3,(H3,14,15,16,17). The van der Waals surface area contributed by atoms with Crippen LogP contribution in [0.1, 0.15) is 28.2 Å². The zero-order chi connectivity index (χ0) is 13.4. The van der Waals surface area contributed by atoms with Crippen molar-refractivity contribution in [1.29, 1.82) is 0 Å². The van der Waals surface area contributed by atoms with Crippen molar-refractivity contribution in [3.05, 3.63) is 35.2 Å². The van der Waals surface area contributed by atoms with Crippen LogP contribution in [-0.2, 0) is 6.42 Å². The number of nitrogens with one attached hydrogen (secondary N) is 1. The van der Waals surface area contributed by atoms with E-state index in [9.17, 15) is 4.79 Å². The Kier molecular flexibility index (Phi) is 2.70. The summed E-state index contributed by atoms with van der Waals surface area (Å²) in [6, 6.07) is 6.13. The van der Waals surface area contributed by atoms with Gasteiger partial charge in [0, 0.05) is 12.2 Å². The zero-order valence-corrected chi connectivity index (χ0v) is 10.7. The number of aromatic amines is 1. The van der Waals surface area contributed by atoms with Gasteiger partial charge >= 0.3 is 0 Å². The van der Waals surface area contributed by atoms with Gasteiger partial charge in [0.1, 0.15) is 0 Å². The SMILES string of the molecule is Cc1ccc2c(c1)CCCN2C(=O)c1nc(N)n[nH]1. The lowest BCUT2D eigenvalue weighted by molar-refractivity contribution is 0.0975. The highest BCUT2D eigenvalue weighted by molar-refractivity contribution is 6.04. The van der Waals surface area contributed by atoms with Crippen molar-refractivity contribution in [2.45, 2.75) is 19.8 Å². The first-order chi connectivity index (χ1) is 9.15. The van der Waals surface area contributed by atoms with Gasteiger partial charge in [0.25, 0.3) is 5.91 Å². The number of H-pyrrole nitrogens is 1. The van der Waals surface area contributed by atoms with E-state index in [2.05, 4.69) is 28.2 Å². The van der Waals surface area contributed by atoms with Gasteiger partial charge in [-0.2, -0.15) is 4.98 Å². The van der Waals surface area contributed by atoms with Gasteiger partial charge in [0.2, 0.25) is 11.8 Å². The molecule has 19 heavy (non-hydrogen) atoms. The number of fused-ring (bicyclic) bond motifs is 1. The lowest BCUT2D eigenvalue weighted by atomic mass is 9.99. The van der Waals surface area contributed by atoms with Crippen molar-refractivity contribution >= 4 is 17.5 Å². The summed E-state index contributed by atoms with van der Waals surface area (Å²) in [5.74, 6) is 0.0874. The maximum atomic E-state index is 12.4. The Balaban J connectivity index is 1.97. The molecule has 1 aliphatic heterocycles. The number of nitrogens with two attached hydrogens (primary N) is 1. The minimum absolute atomic E-state index is 0.0875. The summed E-state index contributed by atoms with van der Waals surface area (Å²) in [5.41, 5.74) is 8.80. The van der Waals surface area contributed by atoms with Crippen molar-refractivity contribution < 1.29 is 4.79 Å². The topological polar surface area (TPSA) is 87.9 Å². The molecule has 0 saturated carbocycles. The van der Waals surface area contributed by atoms with E-state index in [1.165, 1.54) is 11.1 Å². The number of amides is 1. The van der Waals surface area contributed by atoms with E-state index in [1.807, 2.05) is 12.1 Å². The molecule has 0 spiro atoms. The highest BCUT2D eigenvalue weighted by Gasteiger charge is 2.25. The molecule has 1 aromatic carbocycles. The molecule has 0 aliphatic carbocycles. The molecule has 0 saturated heterocycles. The van der Waals surface area contributed by atoms with Crippen LogP contribution in [0.15, 0.2) is 18.2 Å². The van der Waals surface area contributed by atoms with Crippen LogP contribution in [0, 0.1) is 6.92 Å². The Morgan fingerprint density at radius 1 is 1.47 bits per heavy atom. The lowest BCUT2D eigenvalue weighted by Crippen LogP contribution is -2.36. The van der Waals surface area contributed by atoms with E-state index in [0.717, 1.165) is 18.5 Å². The summed E-state index contributed by atoms with van der Waals surface area (Å²) in [7, 11) is 0. The average molecular weight is 257 g/mol. The van der Waals surface area contributed by atoms with E-state index >= 15 is 0 Å². The van der Waals surface area contributed by atoms with Crippen LogP contribution in [0.3, 0.4) is 0 Å². The molecule has 0 fully saturated rings. The third-order valence-electron chi connectivity index (χ3n) is 3.30. The van der Waals surface area contributed by atoms with Gasteiger partial charge < -0.3 is 10.6 Å². The number of anilines is 2. The van der Waals surface area contributed by atoms with E-state index in [-0.39, 0.29) is 17.7 Å². The fraction of sp³-hybridized carbons (Fsp3) is 0.308. The molecule has 6 heteroatoms. The van der Waals surface area contributed by atoms with Gasteiger partial charge in [-0.3, -0.25) is 9.89 Å². The Morgan fingerprint density at radius 2 is 2.32 bits per heavy atom. The second kappa shape index (κ2) is 4.38. The predicted octanol–water partition coefficient (Wildman–Crippen LogP) is 1.29. The average Bonchev–Trinajstić information content (AvgIpc) is 2.83. The molecule has 1 aromatic heterocycles. The number of hydrogen-bond donors (Lipinski definition) is 2. The van der Waals surface area contributed by atoms with Crippen molar-refractivity contribution in [2.24, 2.45) is 0 Å². The number of aryl methyl sites for hydroxylation is 2. The first-order valence-electron chi connectivity index (χ1n) is 6.24. The van der Waals surface area contributed by atoms with Gasteiger partial charge in [0.15, 0.2) is 0 Å². The van der Waals surface area contributed by atoms with Gasteiger partial charge in [0.05, 0.1) is 0 Å². The molecule has 6 nitrogen and oxygen atoms in total. The molecular formula is C13H15N5O. The quantitative estimate of drug-likeness (QED) is 0.805. The lowest BCUT2D eigenvalue weighted by Gasteiger charge is -2.29. The van der Waals surface area contributed by atoms with Crippen LogP contribution in [-0.4, -0.2) is 27.6 Å². The monoisotopic (exact) mass is 257 g/mol. The normalized spacial score (nSPS) is 14.3. The van der Waals surface area contributed by atoms with E-state index in [4.69, 9.17) is 5.73 Å². The largest absolute Gasteiger partial charge is 0.366 e. The molecule has 0 atom stereocenters.